The van der Waals surface area contributed by atoms with Crippen LogP contribution >= 0.6 is 0 Å². The molecule has 0 unspecified atom stereocenters. The summed E-state index contributed by atoms with van der Waals surface area (Å²) in [5.41, 5.74) is 4.59. The summed E-state index contributed by atoms with van der Waals surface area (Å²) < 4.78 is 7.69. The van der Waals surface area contributed by atoms with E-state index < -0.39 is 0 Å². The highest BCUT2D eigenvalue weighted by Crippen LogP contribution is 2.21. The quantitative estimate of drug-likeness (QED) is 0.295. The lowest BCUT2D eigenvalue weighted by atomic mass is 10.1. The topological polar surface area (TPSA) is 60.7 Å². The number of hydrogen-bond donors (Lipinski definition) is 1. The Morgan fingerprint density at radius 2 is 1.87 bits per heavy atom. The second-order valence-corrected chi connectivity index (χ2v) is 7.38. The fourth-order valence-electron chi connectivity index (χ4n) is 3.17. The van der Waals surface area contributed by atoms with E-state index in [1.54, 1.807) is 0 Å². The average molecular weight is 405 g/mol. The molecule has 30 heavy (non-hydrogen) atoms. The van der Waals surface area contributed by atoms with Crippen molar-refractivity contribution in [2.75, 3.05) is 6.61 Å². The number of ketones is 1. The second-order valence-electron chi connectivity index (χ2n) is 7.38. The Morgan fingerprint density at radius 1 is 1.10 bits per heavy atom. The van der Waals surface area contributed by atoms with Crippen molar-refractivity contribution < 1.29 is 19.7 Å². The molecule has 0 saturated carbocycles. The van der Waals surface area contributed by atoms with E-state index >= 15 is 0 Å². The van der Waals surface area contributed by atoms with Gasteiger partial charge in [0.1, 0.15) is 18.5 Å². The Balaban J connectivity index is 1.73. The van der Waals surface area contributed by atoms with E-state index in [9.17, 15) is 4.79 Å². The van der Waals surface area contributed by atoms with Crippen LogP contribution in [0.15, 0.2) is 72.9 Å². The minimum Gasteiger partial charge on any atom is -0.488 e. The first-order valence-corrected chi connectivity index (χ1v) is 9.94. The molecule has 2 aromatic carbocycles. The number of aryl methyl sites for hydroxylation is 1. The summed E-state index contributed by atoms with van der Waals surface area (Å²) in [4.78, 5) is 17.0. The lowest BCUT2D eigenvalue weighted by molar-refractivity contribution is -0.253. The summed E-state index contributed by atoms with van der Waals surface area (Å²) in [5.74, 6) is 0.725. The van der Waals surface area contributed by atoms with E-state index in [1.807, 2.05) is 92.2 Å². The van der Waals surface area contributed by atoms with Gasteiger partial charge in [-0.3, -0.25) is 10.1 Å². The third-order valence-corrected chi connectivity index (χ3v) is 4.91. The van der Waals surface area contributed by atoms with Gasteiger partial charge < -0.3 is 9.30 Å². The first kappa shape index (κ1) is 21.6. The molecule has 5 nitrogen and oxygen atoms in total. The zero-order chi connectivity index (χ0) is 21.5. The molecule has 5 heteroatoms. The minimum atomic E-state index is -0.259. The fraction of sp³-hybridized carbons (Fsp3) is 0.240. The predicted octanol–water partition coefficient (Wildman–Crippen LogP) is 5.39. The highest BCUT2D eigenvalue weighted by atomic mass is 17.1. The average Bonchev–Trinajstić information content (AvgIpc) is 3.21. The van der Waals surface area contributed by atoms with Gasteiger partial charge in [0, 0.05) is 18.3 Å². The summed E-state index contributed by atoms with van der Waals surface area (Å²) in [5, 5.41) is 8.55. The number of hydrogen-bond acceptors (Lipinski definition) is 4. The Labute approximate surface area is 177 Å². The van der Waals surface area contributed by atoms with Crippen LogP contribution in [-0.4, -0.2) is 28.3 Å². The number of nitrogens with zero attached hydrogens (tertiary/aromatic N) is 1. The molecular formula is C25H27NO4. The molecular weight excluding hydrogens is 378 g/mol. The molecule has 1 N–H and O–H groups in total. The van der Waals surface area contributed by atoms with Gasteiger partial charge in [-0.25, -0.2) is 4.89 Å². The van der Waals surface area contributed by atoms with Gasteiger partial charge in [0.25, 0.3) is 0 Å². The molecule has 0 amide bonds. The highest BCUT2D eigenvalue weighted by Gasteiger charge is 2.13. The number of aromatic nitrogens is 1. The first-order chi connectivity index (χ1) is 14.5. The molecule has 0 bridgehead atoms. The lowest BCUT2D eigenvalue weighted by Gasteiger charge is -2.14. The smallest absolute Gasteiger partial charge is 0.209 e. The SMILES string of the molecule is CC(=CCn1cccc1C(=O)c1ccc(C)cc1)c1cccc(O[C@@H](C)COO)c1. The van der Waals surface area contributed by atoms with Crippen molar-refractivity contribution in [1.82, 2.24) is 4.57 Å². The van der Waals surface area contributed by atoms with Crippen LogP contribution in [0.5, 0.6) is 5.75 Å². The molecule has 1 aromatic heterocycles. The van der Waals surface area contributed by atoms with Crippen LogP contribution in [0.1, 0.15) is 41.0 Å². The summed E-state index contributed by atoms with van der Waals surface area (Å²) >= 11 is 0. The maximum Gasteiger partial charge on any atom is 0.209 e. The van der Waals surface area contributed by atoms with Gasteiger partial charge in [0.05, 0.1) is 5.69 Å². The van der Waals surface area contributed by atoms with Gasteiger partial charge in [0.2, 0.25) is 5.78 Å². The largest absolute Gasteiger partial charge is 0.488 e. The van der Waals surface area contributed by atoms with Gasteiger partial charge >= 0.3 is 0 Å². The maximum absolute atomic E-state index is 12.9. The van der Waals surface area contributed by atoms with Crippen LogP contribution < -0.4 is 4.74 Å². The van der Waals surface area contributed by atoms with Crippen molar-refractivity contribution >= 4 is 11.4 Å². The molecule has 0 spiro atoms. The number of carbonyl (C=O) groups is 1. The van der Waals surface area contributed by atoms with Gasteiger partial charge in [0.15, 0.2) is 0 Å². The number of allylic oxidation sites excluding steroid dienone is 2. The number of rotatable bonds is 9. The second kappa shape index (κ2) is 10.1. The number of benzene rings is 2. The van der Waals surface area contributed by atoms with E-state index in [-0.39, 0.29) is 18.5 Å². The summed E-state index contributed by atoms with van der Waals surface area (Å²) in [6.45, 7) is 6.55. The Morgan fingerprint density at radius 3 is 2.60 bits per heavy atom. The van der Waals surface area contributed by atoms with Crippen LogP contribution in [0.3, 0.4) is 0 Å². The highest BCUT2D eigenvalue weighted by molar-refractivity contribution is 6.08. The normalized spacial score (nSPS) is 12.6. The molecule has 0 aliphatic carbocycles. The van der Waals surface area contributed by atoms with Crippen LogP contribution in [-0.2, 0) is 11.4 Å². The van der Waals surface area contributed by atoms with Crippen molar-refractivity contribution in [3.63, 3.8) is 0 Å². The minimum absolute atomic E-state index is 0.0153. The number of ether oxygens (including phenoxy) is 1. The van der Waals surface area contributed by atoms with E-state index in [2.05, 4.69) is 11.0 Å². The van der Waals surface area contributed by atoms with Crippen LogP contribution in [0.2, 0.25) is 0 Å². The van der Waals surface area contributed by atoms with Crippen LogP contribution in [0.4, 0.5) is 0 Å². The molecule has 0 fully saturated rings. The van der Waals surface area contributed by atoms with Crippen molar-refractivity contribution in [3.05, 3.63) is 95.3 Å². The van der Waals surface area contributed by atoms with Crippen molar-refractivity contribution in [2.45, 2.75) is 33.4 Å². The molecule has 0 saturated heterocycles. The standard InChI is InChI=1S/C25H27NO4/c1-18-9-11-21(12-10-18)25(27)24-8-5-14-26(24)15-13-19(2)22-6-4-7-23(16-22)30-20(3)17-29-28/h4-14,16,20,28H,15,17H2,1-3H3/t20-/m0/s1. The van der Waals surface area contributed by atoms with Gasteiger partial charge in [-0.2, -0.15) is 0 Å². The molecule has 1 atom stereocenters. The molecule has 0 aliphatic rings. The summed E-state index contributed by atoms with van der Waals surface area (Å²) in [7, 11) is 0. The Bertz CT molecular complexity index is 1020. The number of carbonyl (C=O) groups excluding carboxylic acids is 1. The van der Waals surface area contributed by atoms with E-state index in [1.165, 1.54) is 0 Å². The molecule has 0 radical (unpaired) electrons. The third kappa shape index (κ3) is 5.47. The van der Waals surface area contributed by atoms with E-state index in [0.29, 0.717) is 23.6 Å². The predicted molar refractivity (Wildman–Crippen MR) is 118 cm³/mol. The maximum atomic E-state index is 12.9. The van der Waals surface area contributed by atoms with Crippen molar-refractivity contribution in [1.29, 1.82) is 0 Å². The van der Waals surface area contributed by atoms with Crippen LogP contribution in [0, 0.1) is 6.92 Å². The molecule has 3 rings (SSSR count). The van der Waals surface area contributed by atoms with Gasteiger partial charge in [-0.15, -0.1) is 0 Å². The van der Waals surface area contributed by atoms with Gasteiger partial charge in [-0.05, 0) is 56.2 Å². The molecule has 1 heterocycles. The molecule has 156 valence electrons. The van der Waals surface area contributed by atoms with Crippen LogP contribution in [0.25, 0.3) is 5.57 Å². The molecule has 3 aromatic rings. The van der Waals surface area contributed by atoms with Crippen molar-refractivity contribution in [2.24, 2.45) is 0 Å². The molecule has 0 aliphatic heterocycles. The first-order valence-electron chi connectivity index (χ1n) is 9.94. The van der Waals surface area contributed by atoms with E-state index in [4.69, 9.17) is 9.99 Å². The zero-order valence-corrected chi connectivity index (χ0v) is 17.5. The fourth-order valence-corrected chi connectivity index (χ4v) is 3.17. The van der Waals surface area contributed by atoms with Gasteiger partial charge in [-0.1, -0.05) is 48.0 Å². The lowest BCUT2D eigenvalue weighted by Crippen LogP contribution is -2.18. The monoisotopic (exact) mass is 405 g/mol. The zero-order valence-electron chi connectivity index (χ0n) is 17.5. The van der Waals surface area contributed by atoms with Crippen molar-refractivity contribution in [3.8, 4) is 5.75 Å². The summed E-state index contributed by atoms with van der Waals surface area (Å²) in [6, 6.07) is 19.1. The summed E-state index contributed by atoms with van der Waals surface area (Å²) in [6.07, 6.45) is 3.75. The Kier molecular flexibility index (Phi) is 7.22. The third-order valence-electron chi connectivity index (χ3n) is 4.91. The van der Waals surface area contributed by atoms with E-state index in [0.717, 1.165) is 16.7 Å². The Hall–Kier alpha value is -3.15.